The number of hydrogen-bond acceptors (Lipinski definition) is 4. The van der Waals surface area contributed by atoms with Crippen LogP contribution in [0, 0.1) is 0 Å². The first-order valence-corrected chi connectivity index (χ1v) is 13.9. The third-order valence-corrected chi connectivity index (χ3v) is 8.60. The second kappa shape index (κ2) is 8.05. The fraction of sp³-hybridized carbons (Fsp3) is 0.0556. The van der Waals surface area contributed by atoms with Crippen molar-refractivity contribution >= 4 is 66.1 Å². The number of benzene rings is 5. The Hall–Kier alpha value is -5.42. The molecule has 0 unspecified atom stereocenters. The molecule has 5 aromatic carbocycles. The van der Waals surface area contributed by atoms with Crippen LogP contribution in [0.15, 0.2) is 112 Å². The van der Waals surface area contributed by atoms with Gasteiger partial charge in [0.05, 0.1) is 27.8 Å². The third-order valence-electron chi connectivity index (χ3n) is 8.60. The maximum atomic E-state index is 6.78. The fourth-order valence-electron chi connectivity index (χ4n) is 6.80. The highest BCUT2D eigenvalue weighted by atomic mass is 16.3. The van der Waals surface area contributed by atoms with Gasteiger partial charge in [0.1, 0.15) is 16.7 Å². The third kappa shape index (κ3) is 3.00. The molecule has 3 heterocycles. The van der Waals surface area contributed by atoms with Crippen LogP contribution in [0.3, 0.4) is 0 Å². The number of aromatic nitrogens is 1. The molecule has 9 rings (SSSR count). The minimum atomic E-state index is 0.716. The van der Waals surface area contributed by atoms with Crippen molar-refractivity contribution in [1.29, 1.82) is 0 Å². The molecule has 1 aliphatic carbocycles. The van der Waals surface area contributed by atoms with Crippen molar-refractivity contribution in [2.45, 2.75) is 12.8 Å². The Kier molecular flexibility index (Phi) is 4.40. The zero-order valence-corrected chi connectivity index (χ0v) is 22.1. The molecule has 0 aliphatic heterocycles. The van der Waals surface area contributed by atoms with Crippen molar-refractivity contribution in [2.75, 3.05) is 5.73 Å². The van der Waals surface area contributed by atoms with Gasteiger partial charge in [-0.05, 0) is 66.9 Å². The molecule has 0 radical (unpaired) electrons. The maximum Gasteiger partial charge on any atom is 0.153 e. The van der Waals surface area contributed by atoms with E-state index in [1.807, 2.05) is 36.4 Å². The highest BCUT2D eigenvalue weighted by Gasteiger charge is 2.24. The van der Waals surface area contributed by atoms with Crippen LogP contribution in [0.1, 0.15) is 17.7 Å². The van der Waals surface area contributed by atoms with E-state index in [9.17, 15) is 0 Å². The fourth-order valence-corrected chi connectivity index (χ4v) is 6.80. The minimum absolute atomic E-state index is 0.716. The van der Waals surface area contributed by atoms with Gasteiger partial charge in [0.15, 0.2) is 5.76 Å². The van der Waals surface area contributed by atoms with Gasteiger partial charge in [0.25, 0.3) is 0 Å². The number of allylic oxidation sites excluding steroid dienone is 1. The van der Waals surface area contributed by atoms with Gasteiger partial charge in [-0.15, -0.1) is 0 Å². The molecular formula is C36H25N3O2. The zero-order valence-electron chi connectivity index (χ0n) is 22.1. The van der Waals surface area contributed by atoms with Crippen LogP contribution in [-0.4, -0.2) is 4.57 Å². The van der Waals surface area contributed by atoms with E-state index in [0.717, 1.165) is 95.8 Å². The first-order chi connectivity index (χ1) is 20.2. The van der Waals surface area contributed by atoms with Crippen LogP contribution in [0.5, 0.6) is 0 Å². The molecule has 8 aromatic rings. The van der Waals surface area contributed by atoms with Crippen molar-refractivity contribution < 1.29 is 8.83 Å². The highest BCUT2D eigenvalue weighted by Crippen LogP contribution is 2.44. The minimum Gasteiger partial charge on any atom is -0.456 e. The van der Waals surface area contributed by atoms with Crippen molar-refractivity contribution in [3.63, 3.8) is 0 Å². The van der Waals surface area contributed by atoms with Crippen LogP contribution in [0.25, 0.3) is 77.2 Å². The Bertz CT molecular complexity index is 2400. The van der Waals surface area contributed by atoms with E-state index in [2.05, 4.69) is 71.3 Å². The normalized spacial score (nSPS) is 13.5. The van der Waals surface area contributed by atoms with Crippen LogP contribution in [-0.2, 0) is 6.42 Å². The van der Waals surface area contributed by atoms with Gasteiger partial charge in [-0.25, -0.2) is 0 Å². The Morgan fingerprint density at radius 3 is 2.41 bits per heavy atom. The lowest BCUT2D eigenvalue weighted by Crippen LogP contribution is -2.03. The number of furan rings is 2. The molecule has 0 spiro atoms. The Labute approximate surface area is 234 Å². The molecule has 0 saturated carbocycles. The summed E-state index contributed by atoms with van der Waals surface area (Å²) in [6, 6.07) is 33.5. The quantitative estimate of drug-likeness (QED) is 0.218. The summed E-state index contributed by atoms with van der Waals surface area (Å²) in [6.07, 6.45) is 3.91. The molecule has 196 valence electrons. The summed E-state index contributed by atoms with van der Waals surface area (Å²) >= 11 is 0. The zero-order chi connectivity index (χ0) is 27.2. The monoisotopic (exact) mass is 531 g/mol. The van der Waals surface area contributed by atoms with Gasteiger partial charge in [0, 0.05) is 38.4 Å². The van der Waals surface area contributed by atoms with Gasteiger partial charge in [-0.2, -0.15) is 0 Å². The smallest absolute Gasteiger partial charge is 0.153 e. The second-order valence-corrected chi connectivity index (χ2v) is 10.8. The molecule has 41 heavy (non-hydrogen) atoms. The highest BCUT2D eigenvalue weighted by molar-refractivity contribution is 6.21. The number of nitrogen functional groups attached to an aromatic ring is 1. The second-order valence-electron chi connectivity index (χ2n) is 10.8. The molecule has 5 heteroatoms. The van der Waals surface area contributed by atoms with Crippen molar-refractivity contribution in [3.05, 3.63) is 114 Å². The Morgan fingerprint density at radius 2 is 1.49 bits per heavy atom. The van der Waals surface area contributed by atoms with E-state index in [4.69, 9.17) is 20.3 Å². The van der Waals surface area contributed by atoms with Crippen LogP contribution >= 0.6 is 0 Å². The van der Waals surface area contributed by atoms with E-state index in [0.29, 0.717) is 5.69 Å². The predicted molar refractivity (Wildman–Crippen MR) is 168 cm³/mol. The number of rotatable bonds is 2. The van der Waals surface area contributed by atoms with Gasteiger partial charge < -0.3 is 24.9 Å². The largest absolute Gasteiger partial charge is 0.456 e. The molecule has 0 amide bonds. The topological polar surface area (TPSA) is 83.2 Å². The first-order valence-electron chi connectivity index (χ1n) is 13.9. The molecule has 0 atom stereocenters. The number of nitrogens with two attached hydrogens (primary N) is 2. The summed E-state index contributed by atoms with van der Waals surface area (Å²) in [5.74, 6) is 0.806. The van der Waals surface area contributed by atoms with Gasteiger partial charge >= 0.3 is 0 Å². The molecule has 0 saturated heterocycles. The Balaban J connectivity index is 1.37. The van der Waals surface area contributed by atoms with Crippen molar-refractivity contribution in [2.24, 2.45) is 5.73 Å². The van der Waals surface area contributed by atoms with Crippen LogP contribution < -0.4 is 11.5 Å². The molecule has 5 nitrogen and oxygen atoms in total. The summed E-state index contributed by atoms with van der Waals surface area (Å²) < 4.78 is 15.0. The van der Waals surface area contributed by atoms with E-state index < -0.39 is 0 Å². The number of anilines is 1. The average Bonchev–Trinajstić information content (AvgIpc) is 3.67. The SMILES string of the molecule is NC1=CCCc2c1oc1c2ccc2c1c1ccccc1n2-c1cccc(N)c1-c1ccc2oc3ccccc3c2c1. The summed E-state index contributed by atoms with van der Waals surface area (Å²) in [4.78, 5) is 0. The molecule has 0 bridgehead atoms. The lowest BCUT2D eigenvalue weighted by atomic mass is 9.98. The molecule has 4 N–H and O–H groups in total. The molecule has 1 aliphatic rings. The predicted octanol–water partition coefficient (Wildman–Crippen LogP) is 8.92. The number of fused-ring (bicyclic) bond motifs is 10. The summed E-state index contributed by atoms with van der Waals surface area (Å²) in [5, 5.41) is 5.52. The maximum absolute atomic E-state index is 6.78. The first kappa shape index (κ1) is 22.4. The molecule has 3 aromatic heterocycles. The number of aryl methyl sites for hydroxylation is 1. The lowest BCUT2D eigenvalue weighted by molar-refractivity contribution is 0.592. The standard InChI is InChI=1S/C36H25N3O2/c37-26-10-6-13-29(33(26)20-15-18-32-25(19-20)21-7-2-4-14-31(21)40-32)39-28-12-3-1-8-24(28)34-30(39)17-16-23-22-9-5-11-27(38)35(22)41-36(23)34/h1-4,6-8,10-19H,5,9,37-38H2. The van der Waals surface area contributed by atoms with E-state index in [1.165, 1.54) is 5.56 Å². The van der Waals surface area contributed by atoms with Crippen LogP contribution in [0.4, 0.5) is 5.69 Å². The van der Waals surface area contributed by atoms with Crippen molar-refractivity contribution in [1.82, 2.24) is 4.57 Å². The van der Waals surface area contributed by atoms with Gasteiger partial charge in [0.2, 0.25) is 0 Å². The van der Waals surface area contributed by atoms with Crippen molar-refractivity contribution in [3.8, 4) is 16.8 Å². The number of nitrogens with zero attached hydrogens (tertiary/aromatic N) is 1. The van der Waals surface area contributed by atoms with Gasteiger partial charge in [-0.3, -0.25) is 0 Å². The van der Waals surface area contributed by atoms with E-state index >= 15 is 0 Å². The summed E-state index contributed by atoms with van der Waals surface area (Å²) in [5.41, 5.74) is 23.6. The van der Waals surface area contributed by atoms with E-state index in [1.54, 1.807) is 0 Å². The molecular weight excluding hydrogens is 506 g/mol. The lowest BCUT2D eigenvalue weighted by Gasteiger charge is -2.16. The number of hydrogen-bond donors (Lipinski definition) is 2. The summed E-state index contributed by atoms with van der Waals surface area (Å²) in [7, 11) is 0. The molecule has 0 fully saturated rings. The van der Waals surface area contributed by atoms with Crippen LogP contribution in [0.2, 0.25) is 0 Å². The van der Waals surface area contributed by atoms with Gasteiger partial charge in [-0.1, -0.05) is 54.6 Å². The number of para-hydroxylation sites is 2. The Morgan fingerprint density at radius 1 is 0.659 bits per heavy atom. The average molecular weight is 532 g/mol. The van der Waals surface area contributed by atoms with E-state index in [-0.39, 0.29) is 0 Å². The summed E-state index contributed by atoms with van der Waals surface area (Å²) in [6.45, 7) is 0.